The van der Waals surface area contributed by atoms with E-state index in [2.05, 4.69) is 15.3 Å². The first-order valence-corrected chi connectivity index (χ1v) is 11.2. The lowest BCUT2D eigenvalue weighted by atomic mass is 9.83. The van der Waals surface area contributed by atoms with E-state index < -0.39 is 28.7 Å². The number of hydrogen-bond acceptors (Lipinski definition) is 7. The standard InChI is InChI=1S/C23H29FN4O3S/c1-21(2,3)31-20(29)27-19-28-23(6,10-18(32-19)22(4,5)30)15-7-8-17(24)16(9-15)14-11-25-13-26-12-14/h7-9,11-13,18,30H,10H2,1-6H3,(H,27,28,29)/t18-,23-/m0/s1. The highest BCUT2D eigenvalue weighted by Gasteiger charge is 2.42. The molecule has 1 aliphatic rings. The smallest absolute Gasteiger partial charge is 0.413 e. The number of benzene rings is 1. The molecule has 2 heterocycles. The molecule has 0 saturated carbocycles. The van der Waals surface area contributed by atoms with Crippen molar-refractivity contribution in [2.24, 2.45) is 4.99 Å². The van der Waals surface area contributed by atoms with Crippen LogP contribution in [0.2, 0.25) is 0 Å². The monoisotopic (exact) mass is 460 g/mol. The summed E-state index contributed by atoms with van der Waals surface area (Å²) in [7, 11) is 0. The number of carbonyl (C=O) groups excluding carboxylic acids is 1. The summed E-state index contributed by atoms with van der Waals surface area (Å²) in [6.07, 6.45) is 4.34. The first kappa shape index (κ1) is 24.1. The predicted molar refractivity (Wildman–Crippen MR) is 124 cm³/mol. The van der Waals surface area contributed by atoms with Gasteiger partial charge in [0.15, 0.2) is 5.17 Å². The van der Waals surface area contributed by atoms with Gasteiger partial charge in [-0.25, -0.2) is 19.2 Å². The second kappa shape index (κ2) is 8.78. The van der Waals surface area contributed by atoms with Gasteiger partial charge in [0.2, 0.25) is 0 Å². The number of halogens is 1. The molecular formula is C23H29FN4O3S. The lowest BCUT2D eigenvalue weighted by Gasteiger charge is -2.40. The largest absolute Gasteiger partial charge is 0.444 e. The van der Waals surface area contributed by atoms with Crippen molar-refractivity contribution >= 4 is 23.0 Å². The van der Waals surface area contributed by atoms with Crippen LogP contribution in [-0.2, 0) is 10.3 Å². The summed E-state index contributed by atoms with van der Waals surface area (Å²) in [5, 5.41) is 13.5. The van der Waals surface area contributed by atoms with Crippen molar-refractivity contribution in [1.29, 1.82) is 0 Å². The van der Waals surface area contributed by atoms with Crippen LogP contribution in [0, 0.1) is 5.82 Å². The Balaban J connectivity index is 2.01. The summed E-state index contributed by atoms with van der Waals surface area (Å²) in [6.45, 7) is 10.7. The minimum Gasteiger partial charge on any atom is -0.444 e. The number of carbonyl (C=O) groups is 1. The maximum absolute atomic E-state index is 14.6. The number of aromatic nitrogens is 2. The fraction of sp³-hybridized carbons (Fsp3) is 0.478. The highest BCUT2D eigenvalue weighted by molar-refractivity contribution is 8.14. The third kappa shape index (κ3) is 5.83. The van der Waals surface area contributed by atoms with Gasteiger partial charge < -0.3 is 9.84 Å². The van der Waals surface area contributed by atoms with Crippen molar-refractivity contribution in [2.75, 3.05) is 0 Å². The highest BCUT2D eigenvalue weighted by Crippen LogP contribution is 2.44. The van der Waals surface area contributed by atoms with E-state index in [1.54, 1.807) is 59.1 Å². The fourth-order valence-corrected chi connectivity index (χ4v) is 4.74. The average Bonchev–Trinajstić information content (AvgIpc) is 2.66. The van der Waals surface area contributed by atoms with Gasteiger partial charge in [-0.1, -0.05) is 17.8 Å². The number of rotatable bonds is 3. The molecule has 0 radical (unpaired) electrons. The quantitative estimate of drug-likeness (QED) is 0.692. The van der Waals surface area contributed by atoms with Crippen molar-refractivity contribution < 1.29 is 19.0 Å². The lowest BCUT2D eigenvalue weighted by Crippen LogP contribution is -2.46. The molecule has 0 unspecified atom stereocenters. The van der Waals surface area contributed by atoms with E-state index in [4.69, 9.17) is 9.73 Å². The molecular weight excluding hydrogens is 431 g/mol. The van der Waals surface area contributed by atoms with Gasteiger partial charge >= 0.3 is 6.09 Å². The molecule has 2 N–H and O–H groups in total. The van der Waals surface area contributed by atoms with Crippen molar-refractivity contribution in [3.8, 4) is 11.1 Å². The third-order valence-corrected chi connectivity index (χ3v) is 6.49. The van der Waals surface area contributed by atoms with Gasteiger partial charge in [0.1, 0.15) is 17.7 Å². The van der Waals surface area contributed by atoms with E-state index >= 15 is 0 Å². The Kier molecular flexibility index (Phi) is 6.62. The summed E-state index contributed by atoms with van der Waals surface area (Å²) in [6, 6.07) is 4.79. The lowest BCUT2D eigenvalue weighted by molar-refractivity contribution is 0.0559. The van der Waals surface area contributed by atoms with Gasteiger partial charge in [-0.3, -0.25) is 10.3 Å². The molecule has 0 fully saturated rings. The van der Waals surface area contributed by atoms with Crippen LogP contribution in [0.15, 0.2) is 41.9 Å². The van der Waals surface area contributed by atoms with Crippen LogP contribution in [0.3, 0.4) is 0 Å². The molecule has 32 heavy (non-hydrogen) atoms. The number of aliphatic imine (C=N–C) groups is 1. The number of thioether (sulfide) groups is 1. The van der Waals surface area contributed by atoms with Crippen molar-refractivity contribution in [3.05, 3.63) is 48.3 Å². The van der Waals surface area contributed by atoms with Crippen LogP contribution >= 0.6 is 11.8 Å². The second-order valence-electron chi connectivity index (χ2n) is 9.60. The number of alkyl carbamates (subject to hydrolysis) is 1. The minimum atomic E-state index is -1.04. The molecule has 1 amide bonds. The molecule has 2 aromatic rings. The fourth-order valence-electron chi connectivity index (χ4n) is 3.38. The molecule has 1 aromatic heterocycles. The van der Waals surface area contributed by atoms with E-state index in [9.17, 15) is 14.3 Å². The normalized spacial score (nSPS) is 21.6. The van der Waals surface area contributed by atoms with Crippen LogP contribution < -0.4 is 5.32 Å². The molecule has 0 spiro atoms. The molecule has 1 aromatic carbocycles. The minimum absolute atomic E-state index is 0.275. The zero-order chi connectivity index (χ0) is 23.7. The number of amidine groups is 1. The zero-order valence-corrected chi connectivity index (χ0v) is 20.0. The van der Waals surface area contributed by atoms with Gasteiger partial charge in [0.05, 0.1) is 11.1 Å². The summed E-state index contributed by atoms with van der Waals surface area (Å²) in [5.41, 5.74) is -0.866. The van der Waals surface area contributed by atoms with Crippen LogP contribution in [0.1, 0.15) is 53.5 Å². The molecule has 0 bridgehead atoms. The Bertz CT molecular complexity index is 1020. The van der Waals surface area contributed by atoms with Gasteiger partial charge in [-0.15, -0.1) is 0 Å². The van der Waals surface area contributed by atoms with Gasteiger partial charge in [-0.05, 0) is 65.7 Å². The topological polar surface area (TPSA) is 96.7 Å². The summed E-state index contributed by atoms with van der Waals surface area (Å²) < 4.78 is 20.0. The molecule has 3 rings (SSSR count). The van der Waals surface area contributed by atoms with Crippen molar-refractivity contribution in [2.45, 2.75) is 70.0 Å². The number of hydrogen-bond donors (Lipinski definition) is 2. The van der Waals surface area contributed by atoms with E-state index in [0.29, 0.717) is 22.7 Å². The van der Waals surface area contributed by atoms with E-state index in [0.717, 1.165) is 5.56 Å². The predicted octanol–water partition coefficient (Wildman–Crippen LogP) is 4.66. The molecule has 7 nitrogen and oxygen atoms in total. The van der Waals surface area contributed by atoms with Gasteiger partial charge in [0, 0.05) is 28.8 Å². The molecule has 2 atom stereocenters. The van der Waals surface area contributed by atoms with Gasteiger partial charge in [-0.2, -0.15) is 0 Å². The van der Waals surface area contributed by atoms with E-state index in [1.165, 1.54) is 24.2 Å². The van der Waals surface area contributed by atoms with Crippen LogP contribution in [0.4, 0.5) is 9.18 Å². The first-order chi connectivity index (χ1) is 14.8. The van der Waals surface area contributed by atoms with E-state index in [-0.39, 0.29) is 5.25 Å². The van der Waals surface area contributed by atoms with Crippen molar-refractivity contribution in [3.63, 3.8) is 0 Å². The first-order valence-electron chi connectivity index (χ1n) is 10.3. The maximum atomic E-state index is 14.6. The summed E-state index contributed by atoms with van der Waals surface area (Å²) >= 11 is 1.29. The molecule has 0 aliphatic carbocycles. The molecule has 9 heteroatoms. The van der Waals surface area contributed by atoms with Crippen LogP contribution in [0.5, 0.6) is 0 Å². The number of aliphatic hydroxyl groups is 1. The summed E-state index contributed by atoms with van der Waals surface area (Å²) in [4.78, 5) is 25.1. The molecule has 172 valence electrons. The SMILES string of the molecule is CC(C)(C)OC(=O)NC1=N[C@](C)(c2ccc(F)c(-c3cncnc3)c2)C[C@@H](C(C)(C)O)S1. The van der Waals surface area contributed by atoms with Crippen molar-refractivity contribution in [1.82, 2.24) is 15.3 Å². The van der Waals surface area contributed by atoms with Crippen LogP contribution in [0.25, 0.3) is 11.1 Å². The van der Waals surface area contributed by atoms with Gasteiger partial charge in [0.25, 0.3) is 0 Å². The van der Waals surface area contributed by atoms with Crippen LogP contribution in [-0.4, -0.2) is 42.8 Å². The van der Waals surface area contributed by atoms with E-state index in [1.807, 2.05) is 6.92 Å². The number of nitrogens with one attached hydrogen (secondary N) is 1. The zero-order valence-electron chi connectivity index (χ0n) is 19.1. The number of ether oxygens (including phenoxy) is 1. The Morgan fingerprint density at radius 1 is 1.25 bits per heavy atom. The Morgan fingerprint density at radius 2 is 1.91 bits per heavy atom. The molecule has 0 saturated heterocycles. The Hall–Kier alpha value is -2.52. The average molecular weight is 461 g/mol. The third-order valence-electron chi connectivity index (χ3n) is 5.04. The summed E-state index contributed by atoms with van der Waals surface area (Å²) in [5.74, 6) is -0.396. The Morgan fingerprint density at radius 3 is 2.50 bits per heavy atom. The Labute approximate surface area is 191 Å². The number of amides is 1. The highest BCUT2D eigenvalue weighted by atomic mass is 32.2. The number of nitrogens with zero attached hydrogens (tertiary/aromatic N) is 3. The second-order valence-corrected chi connectivity index (χ2v) is 10.8. The maximum Gasteiger partial charge on any atom is 0.413 e. The molecule has 1 aliphatic heterocycles.